The number of nitrogens with zero attached hydrogens (tertiary/aromatic N) is 1. The maximum Gasteiger partial charge on any atom is 0.261 e. The van der Waals surface area contributed by atoms with E-state index in [1.165, 1.54) is 0 Å². The van der Waals surface area contributed by atoms with Crippen molar-refractivity contribution in [1.29, 1.82) is 0 Å². The SMILES string of the molecule is CCC(C)C(C(=O)NNC=O)N1C(=O)c2ccccc2C1c1c(-c2ccc(C)cc2)[nH]c2ccccc12. The second-order valence-corrected chi connectivity index (χ2v) is 9.61. The molecule has 1 aliphatic rings. The molecule has 0 saturated carbocycles. The Morgan fingerprint density at radius 3 is 2.49 bits per heavy atom. The van der Waals surface area contributed by atoms with Crippen molar-refractivity contribution in [2.24, 2.45) is 5.92 Å². The van der Waals surface area contributed by atoms with Crippen molar-refractivity contribution in [3.8, 4) is 11.3 Å². The first-order valence-corrected chi connectivity index (χ1v) is 12.5. The molecule has 0 radical (unpaired) electrons. The zero-order valence-corrected chi connectivity index (χ0v) is 21.1. The average molecular weight is 495 g/mol. The largest absolute Gasteiger partial charge is 0.354 e. The second kappa shape index (κ2) is 9.93. The molecule has 3 unspecified atom stereocenters. The molecular weight excluding hydrogens is 464 g/mol. The quantitative estimate of drug-likeness (QED) is 0.241. The number of rotatable bonds is 8. The molecular formula is C30H30N4O3. The highest BCUT2D eigenvalue weighted by molar-refractivity contribution is 6.04. The molecule has 3 N–H and O–H groups in total. The van der Waals surface area contributed by atoms with Crippen LogP contribution < -0.4 is 10.9 Å². The van der Waals surface area contributed by atoms with Gasteiger partial charge in [-0.05, 0) is 36.1 Å². The van der Waals surface area contributed by atoms with Crippen molar-refractivity contribution in [1.82, 2.24) is 20.7 Å². The Morgan fingerprint density at radius 2 is 1.76 bits per heavy atom. The Balaban J connectivity index is 1.78. The lowest BCUT2D eigenvalue weighted by Gasteiger charge is -2.36. The van der Waals surface area contributed by atoms with Crippen molar-refractivity contribution in [3.05, 3.63) is 95.1 Å². The lowest BCUT2D eigenvalue weighted by molar-refractivity contribution is -0.130. The van der Waals surface area contributed by atoms with E-state index in [-0.39, 0.29) is 11.8 Å². The van der Waals surface area contributed by atoms with E-state index in [0.717, 1.165) is 38.9 Å². The van der Waals surface area contributed by atoms with Gasteiger partial charge in [-0.15, -0.1) is 0 Å². The molecule has 3 amide bonds. The number of amides is 3. The number of aromatic amines is 1. The molecule has 1 aromatic heterocycles. The summed E-state index contributed by atoms with van der Waals surface area (Å²) in [5.74, 6) is -0.793. The van der Waals surface area contributed by atoms with E-state index in [1.807, 2.05) is 63.2 Å². The van der Waals surface area contributed by atoms with Gasteiger partial charge in [0.2, 0.25) is 6.41 Å². The summed E-state index contributed by atoms with van der Waals surface area (Å²) in [5.41, 5.74) is 11.1. The molecule has 2 heterocycles. The molecule has 4 aromatic rings. The van der Waals surface area contributed by atoms with Crippen LogP contribution >= 0.6 is 0 Å². The zero-order chi connectivity index (χ0) is 26.1. The van der Waals surface area contributed by atoms with Gasteiger partial charge < -0.3 is 9.88 Å². The summed E-state index contributed by atoms with van der Waals surface area (Å²) < 4.78 is 0. The fourth-order valence-corrected chi connectivity index (χ4v) is 5.37. The number of hydrazine groups is 1. The van der Waals surface area contributed by atoms with Gasteiger partial charge in [-0.2, -0.15) is 0 Å². The first kappa shape index (κ1) is 24.3. The molecule has 1 aliphatic heterocycles. The first-order chi connectivity index (χ1) is 18.0. The third-order valence-corrected chi connectivity index (χ3v) is 7.36. The van der Waals surface area contributed by atoms with E-state index >= 15 is 0 Å². The Kier molecular flexibility index (Phi) is 6.53. The van der Waals surface area contributed by atoms with Gasteiger partial charge in [0, 0.05) is 22.0 Å². The van der Waals surface area contributed by atoms with E-state index in [1.54, 1.807) is 4.90 Å². The van der Waals surface area contributed by atoms with Crippen molar-refractivity contribution >= 4 is 29.1 Å². The molecule has 0 fully saturated rings. The molecule has 7 nitrogen and oxygen atoms in total. The molecule has 7 heteroatoms. The number of para-hydroxylation sites is 1. The van der Waals surface area contributed by atoms with Crippen LogP contribution in [-0.4, -0.2) is 34.2 Å². The second-order valence-electron chi connectivity index (χ2n) is 9.61. The third-order valence-electron chi connectivity index (χ3n) is 7.36. The van der Waals surface area contributed by atoms with Gasteiger partial charge in [-0.25, -0.2) is 0 Å². The molecule has 3 aromatic carbocycles. The molecule has 37 heavy (non-hydrogen) atoms. The van der Waals surface area contributed by atoms with E-state index in [0.29, 0.717) is 18.4 Å². The number of nitrogens with one attached hydrogen (secondary N) is 3. The highest BCUT2D eigenvalue weighted by Crippen LogP contribution is 2.47. The lowest BCUT2D eigenvalue weighted by atomic mass is 9.90. The van der Waals surface area contributed by atoms with Crippen LogP contribution in [0, 0.1) is 12.8 Å². The Morgan fingerprint density at radius 1 is 1.05 bits per heavy atom. The van der Waals surface area contributed by atoms with Crippen LogP contribution in [0.25, 0.3) is 22.2 Å². The van der Waals surface area contributed by atoms with E-state index in [4.69, 9.17) is 0 Å². The van der Waals surface area contributed by atoms with Crippen LogP contribution in [0.3, 0.4) is 0 Å². The lowest BCUT2D eigenvalue weighted by Crippen LogP contribution is -2.54. The topological polar surface area (TPSA) is 94.3 Å². The molecule has 5 rings (SSSR count). The van der Waals surface area contributed by atoms with Crippen LogP contribution in [0.4, 0.5) is 0 Å². The molecule has 0 saturated heterocycles. The maximum absolute atomic E-state index is 14.0. The Labute approximate surface area is 215 Å². The number of H-pyrrole nitrogens is 1. The van der Waals surface area contributed by atoms with E-state index in [2.05, 4.69) is 46.2 Å². The minimum atomic E-state index is -0.804. The number of carbonyl (C=O) groups is 3. The number of aryl methyl sites for hydroxylation is 1. The fourth-order valence-electron chi connectivity index (χ4n) is 5.37. The van der Waals surface area contributed by atoms with Gasteiger partial charge in [0.05, 0.1) is 11.7 Å². The van der Waals surface area contributed by atoms with Crippen LogP contribution in [0.15, 0.2) is 72.8 Å². The predicted octanol–water partition coefficient (Wildman–Crippen LogP) is 4.88. The summed E-state index contributed by atoms with van der Waals surface area (Å²) in [4.78, 5) is 43.7. The zero-order valence-electron chi connectivity index (χ0n) is 21.1. The van der Waals surface area contributed by atoms with Crippen LogP contribution in [-0.2, 0) is 9.59 Å². The third kappa shape index (κ3) is 4.16. The molecule has 0 spiro atoms. The van der Waals surface area contributed by atoms with Crippen LogP contribution in [0.2, 0.25) is 0 Å². The average Bonchev–Trinajstić information content (AvgIpc) is 3.43. The van der Waals surface area contributed by atoms with Crippen molar-refractivity contribution in [2.45, 2.75) is 39.3 Å². The van der Waals surface area contributed by atoms with Crippen molar-refractivity contribution in [3.63, 3.8) is 0 Å². The summed E-state index contributed by atoms with van der Waals surface area (Å²) in [6.07, 6.45) is 1.09. The molecule has 0 aliphatic carbocycles. The smallest absolute Gasteiger partial charge is 0.261 e. The van der Waals surface area contributed by atoms with E-state index in [9.17, 15) is 14.4 Å². The van der Waals surface area contributed by atoms with Gasteiger partial charge in [0.15, 0.2) is 0 Å². The summed E-state index contributed by atoms with van der Waals surface area (Å²) >= 11 is 0. The van der Waals surface area contributed by atoms with Gasteiger partial charge >= 0.3 is 0 Å². The van der Waals surface area contributed by atoms with Gasteiger partial charge in [0.1, 0.15) is 6.04 Å². The summed E-state index contributed by atoms with van der Waals surface area (Å²) in [6, 6.07) is 22.6. The Bertz CT molecular complexity index is 1470. The first-order valence-electron chi connectivity index (χ1n) is 12.5. The van der Waals surface area contributed by atoms with Gasteiger partial charge in [0.25, 0.3) is 11.8 Å². The summed E-state index contributed by atoms with van der Waals surface area (Å²) in [6.45, 7) is 5.99. The molecule has 0 bridgehead atoms. The highest BCUT2D eigenvalue weighted by atomic mass is 16.2. The molecule has 188 valence electrons. The fraction of sp³-hybridized carbons (Fsp3) is 0.233. The number of hydrogen-bond acceptors (Lipinski definition) is 3. The summed E-state index contributed by atoms with van der Waals surface area (Å²) in [5, 5.41) is 0.993. The van der Waals surface area contributed by atoms with E-state index < -0.39 is 18.0 Å². The van der Waals surface area contributed by atoms with Gasteiger partial charge in [-0.3, -0.25) is 25.2 Å². The maximum atomic E-state index is 14.0. The van der Waals surface area contributed by atoms with Gasteiger partial charge in [-0.1, -0.05) is 86.5 Å². The number of benzene rings is 3. The number of hydrogen-bond donors (Lipinski definition) is 3. The van der Waals surface area contributed by atoms with Crippen molar-refractivity contribution < 1.29 is 14.4 Å². The Hall–Kier alpha value is -4.39. The predicted molar refractivity (Wildman–Crippen MR) is 144 cm³/mol. The monoisotopic (exact) mass is 494 g/mol. The minimum Gasteiger partial charge on any atom is -0.354 e. The molecule has 3 atom stereocenters. The summed E-state index contributed by atoms with van der Waals surface area (Å²) in [7, 11) is 0. The standard InChI is InChI=1S/C30H30N4O3/c1-4-19(3)27(29(36)33-31-17-35)34-28(21-9-5-6-10-22(21)30(34)37)25-23-11-7-8-12-24(23)32-26(25)20-15-13-18(2)14-16-20/h5-17,19,27-28,32H,4H2,1-3H3,(H,31,35)(H,33,36). The highest BCUT2D eigenvalue weighted by Gasteiger charge is 2.47. The van der Waals surface area contributed by atoms with Crippen LogP contribution in [0.1, 0.15) is 53.4 Å². The normalized spacial score (nSPS) is 16.4. The van der Waals surface area contributed by atoms with Crippen molar-refractivity contribution in [2.75, 3.05) is 0 Å². The number of carbonyl (C=O) groups excluding carboxylic acids is 3. The minimum absolute atomic E-state index is 0.165. The van der Waals surface area contributed by atoms with Crippen LogP contribution in [0.5, 0.6) is 0 Å². The number of fused-ring (bicyclic) bond motifs is 2. The number of aromatic nitrogens is 1.